The van der Waals surface area contributed by atoms with E-state index in [1.807, 2.05) is 0 Å². The molecule has 1 N–H and O–H groups in total. The lowest BCUT2D eigenvalue weighted by Crippen LogP contribution is -2.32. The van der Waals surface area contributed by atoms with E-state index in [4.69, 9.17) is 5.11 Å². The van der Waals surface area contributed by atoms with E-state index < -0.39 is 10.8 Å². The molecule has 82 valence electrons. The number of nitrogens with zero attached hydrogens (tertiary/aromatic N) is 1. The fraction of sp³-hybridized carbons (Fsp3) is 0.889. The molecule has 5 heteroatoms. The minimum Gasteiger partial charge on any atom is -0.396 e. The number of rotatable bonds is 5. The summed E-state index contributed by atoms with van der Waals surface area (Å²) < 4.78 is 11.3. The first kappa shape index (κ1) is 11.7. The first-order valence-corrected chi connectivity index (χ1v) is 6.46. The van der Waals surface area contributed by atoms with Crippen LogP contribution >= 0.6 is 0 Å². The van der Waals surface area contributed by atoms with Gasteiger partial charge in [-0.15, -0.1) is 0 Å². The number of hydrogen-bond acceptors (Lipinski definition) is 3. The minimum atomic E-state index is -1.10. The Balaban J connectivity index is 2.21. The van der Waals surface area contributed by atoms with Gasteiger partial charge in [0.2, 0.25) is 5.91 Å². The number of hydrogen-bond donors (Lipinski definition) is 1. The van der Waals surface area contributed by atoms with Gasteiger partial charge in [0.15, 0.2) is 0 Å². The second-order valence-electron chi connectivity index (χ2n) is 3.45. The Morgan fingerprint density at radius 2 is 2.00 bits per heavy atom. The normalized spacial score (nSPS) is 18.5. The first-order chi connectivity index (χ1) is 6.74. The van der Waals surface area contributed by atoms with Crippen LogP contribution in [0.5, 0.6) is 0 Å². The van der Waals surface area contributed by atoms with E-state index in [-0.39, 0.29) is 18.3 Å². The number of carbonyl (C=O) groups excluding carboxylic acids is 1. The van der Waals surface area contributed by atoms with Crippen molar-refractivity contribution in [1.29, 1.82) is 0 Å². The summed E-state index contributed by atoms with van der Waals surface area (Å²) in [5, 5.41) is 8.53. The van der Waals surface area contributed by atoms with Gasteiger partial charge >= 0.3 is 0 Å². The Bertz CT molecular complexity index is 214. The molecule has 0 spiro atoms. The largest absolute Gasteiger partial charge is 0.396 e. The standard InChI is InChI=1S/C9H17NO3S/c11-6-3-7-14(13)8-9(12)10-4-1-2-5-10/h11H,1-8H2. The summed E-state index contributed by atoms with van der Waals surface area (Å²) >= 11 is 0. The van der Waals surface area contributed by atoms with E-state index >= 15 is 0 Å². The average Bonchev–Trinajstić information content (AvgIpc) is 2.67. The summed E-state index contributed by atoms with van der Waals surface area (Å²) in [6, 6.07) is 0. The first-order valence-electron chi connectivity index (χ1n) is 4.97. The van der Waals surface area contributed by atoms with Crippen LogP contribution in [0.25, 0.3) is 0 Å². The zero-order chi connectivity index (χ0) is 10.4. The van der Waals surface area contributed by atoms with Crippen LogP contribution < -0.4 is 0 Å². The fourth-order valence-electron chi connectivity index (χ4n) is 1.49. The van der Waals surface area contributed by atoms with Crippen molar-refractivity contribution in [2.45, 2.75) is 19.3 Å². The summed E-state index contributed by atoms with van der Waals surface area (Å²) in [4.78, 5) is 13.3. The minimum absolute atomic E-state index is 0.00114. The molecule has 14 heavy (non-hydrogen) atoms. The third-order valence-corrected chi connectivity index (χ3v) is 3.59. The number of carbonyl (C=O) groups is 1. The molecule has 1 unspecified atom stereocenters. The molecule has 0 saturated carbocycles. The lowest BCUT2D eigenvalue weighted by Gasteiger charge is -2.14. The van der Waals surface area contributed by atoms with Gasteiger partial charge in [-0.3, -0.25) is 9.00 Å². The van der Waals surface area contributed by atoms with E-state index in [1.165, 1.54) is 0 Å². The van der Waals surface area contributed by atoms with E-state index in [9.17, 15) is 9.00 Å². The molecule has 0 aromatic heterocycles. The highest BCUT2D eigenvalue weighted by Crippen LogP contribution is 2.07. The number of amides is 1. The van der Waals surface area contributed by atoms with Crippen LogP contribution in [0.2, 0.25) is 0 Å². The highest BCUT2D eigenvalue weighted by molar-refractivity contribution is 7.85. The van der Waals surface area contributed by atoms with Gasteiger partial charge in [-0.25, -0.2) is 0 Å². The monoisotopic (exact) mass is 219 g/mol. The van der Waals surface area contributed by atoms with Crippen molar-refractivity contribution in [2.24, 2.45) is 0 Å². The van der Waals surface area contributed by atoms with Crippen LogP contribution in [0.4, 0.5) is 0 Å². The number of likely N-dealkylation sites (tertiary alicyclic amines) is 1. The molecule has 1 fully saturated rings. The molecule has 0 aromatic carbocycles. The van der Waals surface area contributed by atoms with E-state index in [2.05, 4.69) is 0 Å². The maximum atomic E-state index is 11.5. The lowest BCUT2D eigenvalue weighted by atomic mass is 10.4. The maximum Gasteiger partial charge on any atom is 0.235 e. The maximum absolute atomic E-state index is 11.5. The van der Waals surface area contributed by atoms with Crippen molar-refractivity contribution >= 4 is 16.7 Å². The summed E-state index contributed by atoms with van der Waals surface area (Å²) in [5.41, 5.74) is 0. The topological polar surface area (TPSA) is 57.6 Å². The van der Waals surface area contributed by atoms with E-state index in [0.29, 0.717) is 12.2 Å². The lowest BCUT2D eigenvalue weighted by molar-refractivity contribution is -0.127. The molecule has 0 bridgehead atoms. The summed E-state index contributed by atoms with van der Waals surface area (Å²) in [5.74, 6) is 0.551. The molecular formula is C9H17NO3S. The van der Waals surface area contributed by atoms with E-state index in [0.717, 1.165) is 25.9 Å². The van der Waals surface area contributed by atoms with Gasteiger partial charge in [-0.2, -0.15) is 0 Å². The fourth-order valence-corrected chi connectivity index (χ4v) is 2.55. The van der Waals surface area contributed by atoms with Crippen molar-refractivity contribution in [3.05, 3.63) is 0 Å². The van der Waals surface area contributed by atoms with Crippen LogP contribution in [0, 0.1) is 0 Å². The molecule has 1 heterocycles. The Hall–Kier alpha value is -0.420. The quantitative estimate of drug-likeness (QED) is 0.693. The molecule has 1 amide bonds. The number of aliphatic hydroxyl groups excluding tert-OH is 1. The predicted octanol–water partition coefficient (Wildman–Crippen LogP) is -0.260. The second-order valence-corrected chi connectivity index (χ2v) is 5.03. The highest BCUT2D eigenvalue weighted by Gasteiger charge is 2.19. The Morgan fingerprint density at radius 3 is 2.57 bits per heavy atom. The van der Waals surface area contributed by atoms with Gasteiger partial charge in [0.05, 0.1) is 0 Å². The van der Waals surface area contributed by atoms with Gasteiger partial charge in [0, 0.05) is 36.2 Å². The zero-order valence-corrected chi connectivity index (χ0v) is 9.09. The third-order valence-electron chi connectivity index (χ3n) is 2.27. The summed E-state index contributed by atoms with van der Waals surface area (Å²) in [7, 11) is -1.10. The van der Waals surface area contributed by atoms with Crippen molar-refractivity contribution < 1.29 is 14.1 Å². The average molecular weight is 219 g/mol. The van der Waals surface area contributed by atoms with Crippen molar-refractivity contribution in [2.75, 3.05) is 31.2 Å². The van der Waals surface area contributed by atoms with Gasteiger partial charge in [0.25, 0.3) is 0 Å². The summed E-state index contributed by atoms with van der Waals surface area (Å²) in [6.45, 7) is 1.68. The molecule has 0 radical (unpaired) electrons. The van der Waals surface area contributed by atoms with Crippen molar-refractivity contribution in [1.82, 2.24) is 4.90 Å². The Morgan fingerprint density at radius 1 is 1.36 bits per heavy atom. The van der Waals surface area contributed by atoms with Crippen LogP contribution in [0.15, 0.2) is 0 Å². The molecule has 0 aliphatic carbocycles. The van der Waals surface area contributed by atoms with Gasteiger partial charge in [0.1, 0.15) is 5.75 Å². The molecule has 4 nitrogen and oxygen atoms in total. The molecule has 1 atom stereocenters. The number of aliphatic hydroxyl groups is 1. The molecular weight excluding hydrogens is 202 g/mol. The summed E-state index contributed by atoms with van der Waals surface area (Å²) in [6.07, 6.45) is 2.64. The molecule has 1 saturated heterocycles. The molecule has 1 rings (SSSR count). The smallest absolute Gasteiger partial charge is 0.235 e. The van der Waals surface area contributed by atoms with Gasteiger partial charge in [-0.1, -0.05) is 0 Å². The van der Waals surface area contributed by atoms with Crippen LogP contribution in [0.3, 0.4) is 0 Å². The van der Waals surface area contributed by atoms with Crippen LogP contribution in [0.1, 0.15) is 19.3 Å². The predicted molar refractivity (Wildman–Crippen MR) is 55.4 cm³/mol. The molecule has 0 aromatic rings. The van der Waals surface area contributed by atoms with Crippen LogP contribution in [-0.4, -0.2) is 51.3 Å². The van der Waals surface area contributed by atoms with Crippen molar-refractivity contribution in [3.8, 4) is 0 Å². The van der Waals surface area contributed by atoms with Gasteiger partial charge < -0.3 is 10.0 Å². The van der Waals surface area contributed by atoms with Crippen molar-refractivity contribution in [3.63, 3.8) is 0 Å². The third kappa shape index (κ3) is 3.75. The van der Waals surface area contributed by atoms with Gasteiger partial charge in [-0.05, 0) is 19.3 Å². The Labute approximate surface area is 86.7 Å². The van der Waals surface area contributed by atoms with E-state index in [1.54, 1.807) is 4.90 Å². The second kappa shape index (κ2) is 6.14. The Kier molecular flexibility index (Phi) is 5.11. The molecule has 1 aliphatic rings. The van der Waals surface area contributed by atoms with Crippen LogP contribution in [-0.2, 0) is 15.6 Å². The molecule has 1 aliphatic heterocycles. The SMILES string of the molecule is O=C(CS(=O)CCCO)N1CCCC1. The highest BCUT2D eigenvalue weighted by atomic mass is 32.2. The zero-order valence-electron chi connectivity index (χ0n) is 8.28.